The van der Waals surface area contributed by atoms with Crippen molar-refractivity contribution in [2.45, 2.75) is 64.8 Å². The first kappa shape index (κ1) is 14.5. The molecular formula is C14H28N2O. The molecule has 1 saturated heterocycles. The summed E-state index contributed by atoms with van der Waals surface area (Å²) in [7, 11) is 0. The van der Waals surface area contributed by atoms with E-state index >= 15 is 0 Å². The fraction of sp³-hybridized carbons (Fsp3) is 0.929. The first-order valence-electron chi connectivity index (χ1n) is 7.22. The van der Waals surface area contributed by atoms with Crippen LogP contribution in [0.3, 0.4) is 0 Å². The maximum absolute atomic E-state index is 11.7. The number of amides is 1. The van der Waals surface area contributed by atoms with Crippen molar-refractivity contribution in [2.75, 3.05) is 13.1 Å². The van der Waals surface area contributed by atoms with E-state index in [4.69, 9.17) is 0 Å². The summed E-state index contributed by atoms with van der Waals surface area (Å²) < 4.78 is 0. The first-order valence-corrected chi connectivity index (χ1v) is 7.22. The maximum Gasteiger partial charge on any atom is 0.220 e. The lowest BCUT2D eigenvalue weighted by Crippen LogP contribution is -2.32. The molecule has 2 N–H and O–H groups in total. The Kier molecular flexibility index (Phi) is 7.25. The Bertz CT molecular complexity index is 212. The average molecular weight is 240 g/mol. The number of hydrogen-bond acceptors (Lipinski definition) is 2. The van der Waals surface area contributed by atoms with E-state index in [2.05, 4.69) is 24.5 Å². The van der Waals surface area contributed by atoms with Crippen LogP contribution in [0.15, 0.2) is 0 Å². The smallest absolute Gasteiger partial charge is 0.220 e. The van der Waals surface area contributed by atoms with Crippen molar-refractivity contribution in [1.82, 2.24) is 10.6 Å². The quantitative estimate of drug-likeness (QED) is 0.640. The van der Waals surface area contributed by atoms with Crippen LogP contribution >= 0.6 is 0 Å². The molecule has 3 nitrogen and oxygen atoms in total. The van der Waals surface area contributed by atoms with E-state index < -0.39 is 0 Å². The molecule has 1 amide bonds. The number of carbonyl (C=O) groups excluding carboxylic acids is 1. The molecule has 0 saturated carbocycles. The van der Waals surface area contributed by atoms with Crippen LogP contribution in [0.1, 0.15) is 58.8 Å². The molecule has 17 heavy (non-hydrogen) atoms. The number of nitrogens with one attached hydrogen (secondary N) is 2. The Morgan fingerprint density at radius 2 is 2.29 bits per heavy atom. The number of hydrogen-bond donors (Lipinski definition) is 2. The molecule has 0 spiro atoms. The van der Waals surface area contributed by atoms with Gasteiger partial charge in [-0.25, -0.2) is 0 Å². The Morgan fingerprint density at radius 1 is 1.47 bits per heavy atom. The van der Waals surface area contributed by atoms with Crippen LogP contribution < -0.4 is 10.6 Å². The molecule has 100 valence electrons. The van der Waals surface area contributed by atoms with Crippen molar-refractivity contribution in [3.8, 4) is 0 Å². The summed E-state index contributed by atoms with van der Waals surface area (Å²) in [6, 6.07) is 0.343. The molecule has 0 aromatic rings. The highest BCUT2D eigenvalue weighted by Crippen LogP contribution is 2.14. The van der Waals surface area contributed by atoms with Crippen molar-refractivity contribution in [2.24, 2.45) is 5.92 Å². The largest absolute Gasteiger partial charge is 0.354 e. The first-order chi connectivity index (χ1) is 8.22. The van der Waals surface area contributed by atoms with Gasteiger partial charge in [0.1, 0.15) is 0 Å². The average Bonchev–Trinajstić information content (AvgIpc) is 2.79. The molecule has 3 heteroatoms. The second-order valence-corrected chi connectivity index (χ2v) is 5.36. The van der Waals surface area contributed by atoms with Crippen molar-refractivity contribution < 1.29 is 4.79 Å². The van der Waals surface area contributed by atoms with Gasteiger partial charge in [-0.05, 0) is 45.2 Å². The van der Waals surface area contributed by atoms with Crippen LogP contribution in [-0.4, -0.2) is 25.0 Å². The molecule has 0 aromatic carbocycles. The molecule has 1 rings (SSSR count). The van der Waals surface area contributed by atoms with E-state index in [0.29, 0.717) is 12.5 Å². The van der Waals surface area contributed by atoms with Crippen LogP contribution in [0.25, 0.3) is 0 Å². The highest BCUT2D eigenvalue weighted by atomic mass is 16.1. The minimum absolute atomic E-state index is 0.237. The summed E-state index contributed by atoms with van der Waals surface area (Å²) >= 11 is 0. The second kappa shape index (κ2) is 8.51. The molecule has 0 bridgehead atoms. The molecule has 1 aliphatic heterocycles. The zero-order valence-corrected chi connectivity index (χ0v) is 11.4. The van der Waals surface area contributed by atoms with E-state index in [0.717, 1.165) is 31.8 Å². The third-order valence-corrected chi connectivity index (χ3v) is 3.59. The van der Waals surface area contributed by atoms with Gasteiger partial charge >= 0.3 is 0 Å². The molecule has 0 radical (unpaired) electrons. The molecule has 0 aromatic heterocycles. The van der Waals surface area contributed by atoms with E-state index in [9.17, 15) is 4.79 Å². The Morgan fingerprint density at radius 3 is 2.94 bits per heavy atom. The summed E-state index contributed by atoms with van der Waals surface area (Å²) in [6.07, 6.45) is 7.84. The Balaban J connectivity index is 2.02. The molecular weight excluding hydrogens is 212 g/mol. The lowest BCUT2D eigenvalue weighted by molar-refractivity contribution is -0.122. The van der Waals surface area contributed by atoms with Gasteiger partial charge in [0, 0.05) is 12.5 Å². The fourth-order valence-corrected chi connectivity index (χ4v) is 2.42. The molecule has 0 aliphatic carbocycles. The fourth-order valence-electron chi connectivity index (χ4n) is 2.42. The van der Waals surface area contributed by atoms with Crippen molar-refractivity contribution in [3.05, 3.63) is 0 Å². The van der Waals surface area contributed by atoms with Crippen LogP contribution in [0.2, 0.25) is 0 Å². The zero-order valence-electron chi connectivity index (χ0n) is 11.4. The lowest BCUT2D eigenvalue weighted by atomic mass is 10.0. The molecule has 1 heterocycles. The van der Waals surface area contributed by atoms with Crippen molar-refractivity contribution >= 4 is 5.91 Å². The maximum atomic E-state index is 11.7. The predicted octanol–water partition coefficient (Wildman–Crippen LogP) is 2.46. The van der Waals surface area contributed by atoms with Gasteiger partial charge in [0.15, 0.2) is 0 Å². The van der Waals surface area contributed by atoms with Gasteiger partial charge in [0.2, 0.25) is 5.91 Å². The SMILES string of the molecule is CCCCCC(C)NC(=O)CCC1CCNC1. The number of rotatable bonds is 8. The van der Waals surface area contributed by atoms with Crippen LogP contribution in [0.5, 0.6) is 0 Å². The summed E-state index contributed by atoms with van der Waals surface area (Å²) in [5.41, 5.74) is 0. The van der Waals surface area contributed by atoms with Gasteiger partial charge in [0.25, 0.3) is 0 Å². The van der Waals surface area contributed by atoms with E-state index in [1.165, 1.54) is 25.7 Å². The molecule has 2 unspecified atom stereocenters. The summed E-state index contributed by atoms with van der Waals surface area (Å²) in [4.78, 5) is 11.7. The van der Waals surface area contributed by atoms with Gasteiger partial charge in [0.05, 0.1) is 0 Å². The lowest BCUT2D eigenvalue weighted by Gasteiger charge is -2.14. The van der Waals surface area contributed by atoms with Crippen LogP contribution in [-0.2, 0) is 4.79 Å². The normalized spacial score (nSPS) is 21.4. The summed E-state index contributed by atoms with van der Waals surface area (Å²) in [6.45, 7) is 6.54. The van der Waals surface area contributed by atoms with Crippen molar-refractivity contribution in [1.29, 1.82) is 0 Å². The monoisotopic (exact) mass is 240 g/mol. The summed E-state index contributed by atoms with van der Waals surface area (Å²) in [5.74, 6) is 0.956. The summed E-state index contributed by atoms with van der Waals surface area (Å²) in [5, 5.41) is 6.44. The Labute approximate surface area is 106 Å². The minimum Gasteiger partial charge on any atom is -0.354 e. The highest BCUT2D eigenvalue weighted by molar-refractivity contribution is 5.76. The Hall–Kier alpha value is -0.570. The number of unbranched alkanes of at least 4 members (excludes halogenated alkanes) is 2. The topological polar surface area (TPSA) is 41.1 Å². The van der Waals surface area contributed by atoms with Crippen molar-refractivity contribution in [3.63, 3.8) is 0 Å². The minimum atomic E-state index is 0.237. The molecule has 1 fully saturated rings. The third-order valence-electron chi connectivity index (χ3n) is 3.59. The zero-order chi connectivity index (χ0) is 12.5. The van der Waals surface area contributed by atoms with E-state index in [-0.39, 0.29) is 5.91 Å². The van der Waals surface area contributed by atoms with Gasteiger partial charge in [-0.15, -0.1) is 0 Å². The third kappa shape index (κ3) is 6.67. The van der Waals surface area contributed by atoms with Gasteiger partial charge < -0.3 is 10.6 Å². The van der Waals surface area contributed by atoms with E-state index in [1.807, 2.05) is 0 Å². The second-order valence-electron chi connectivity index (χ2n) is 5.36. The van der Waals surface area contributed by atoms with E-state index in [1.54, 1.807) is 0 Å². The van der Waals surface area contributed by atoms with Gasteiger partial charge in [-0.3, -0.25) is 4.79 Å². The highest BCUT2D eigenvalue weighted by Gasteiger charge is 2.16. The van der Waals surface area contributed by atoms with Gasteiger partial charge in [-0.1, -0.05) is 26.2 Å². The van der Waals surface area contributed by atoms with Gasteiger partial charge in [-0.2, -0.15) is 0 Å². The standard InChI is InChI=1S/C14H28N2O/c1-3-4-5-6-12(2)16-14(17)8-7-13-9-10-15-11-13/h12-13,15H,3-11H2,1-2H3,(H,16,17). The number of carbonyl (C=O) groups is 1. The predicted molar refractivity (Wildman–Crippen MR) is 72.0 cm³/mol. The van der Waals surface area contributed by atoms with Crippen LogP contribution in [0, 0.1) is 5.92 Å². The molecule has 2 atom stereocenters. The van der Waals surface area contributed by atoms with Crippen LogP contribution in [0.4, 0.5) is 0 Å². The molecule has 1 aliphatic rings.